The third-order valence-corrected chi connectivity index (χ3v) is 11.6. The number of alkyl halides is 3. The number of urea groups is 1. The third kappa shape index (κ3) is 10.2. The zero-order valence-corrected chi connectivity index (χ0v) is 32.5. The van der Waals surface area contributed by atoms with Gasteiger partial charge in [0.05, 0.1) is 17.5 Å². The first kappa shape index (κ1) is 42.5. The van der Waals surface area contributed by atoms with Gasteiger partial charge in [0.25, 0.3) is 0 Å². The number of hydrogen-bond donors (Lipinski definition) is 6. The van der Waals surface area contributed by atoms with Crippen molar-refractivity contribution in [1.82, 2.24) is 31.6 Å². The summed E-state index contributed by atoms with van der Waals surface area (Å²) >= 11 is 0. The highest BCUT2D eigenvalue weighted by atomic mass is 19.4. The first-order valence-electron chi connectivity index (χ1n) is 19.6. The van der Waals surface area contributed by atoms with E-state index in [1.165, 1.54) is 24.3 Å². The fraction of sp³-hybridized carbons (Fsp3) is 0.561. The zero-order valence-electron chi connectivity index (χ0n) is 32.5. The van der Waals surface area contributed by atoms with Crippen molar-refractivity contribution in [1.29, 1.82) is 0 Å². The standard InChI is InChI=1S/C41H54F4N6O5/c1-5-24(3)33(23-47-39(55)46-22-26-15-18-56-19-16-26)49-38(54)40(17-14-32-29(21-40)28-11-9-12-30(36(28)48-32)41(43,44)45)51-37(53)35(25(4)6-2)50-34(52)20-27-10-7-8-13-31(27)42/h7-13,24-26,33,35,48H,5-6,14-23H2,1-4H3,(H,49,54)(H,50,52)(H,51,53)(H2,46,47,55)/t24-,25?,33?,35-,40+/m0/s1. The first-order valence-corrected chi connectivity index (χ1v) is 19.6. The van der Waals surface area contributed by atoms with Crippen LogP contribution in [0.2, 0.25) is 0 Å². The molecule has 2 unspecified atom stereocenters. The summed E-state index contributed by atoms with van der Waals surface area (Å²) in [7, 11) is 0. The molecule has 0 radical (unpaired) electrons. The normalized spacial score (nSPS) is 19.6. The number of hydrogen-bond acceptors (Lipinski definition) is 5. The fourth-order valence-electron chi connectivity index (χ4n) is 7.56. The van der Waals surface area contributed by atoms with E-state index in [0.717, 1.165) is 18.9 Å². The van der Waals surface area contributed by atoms with Crippen LogP contribution in [0.4, 0.5) is 22.4 Å². The minimum absolute atomic E-state index is 0.0361. The molecule has 2 aliphatic rings. The Morgan fingerprint density at radius 1 is 0.946 bits per heavy atom. The van der Waals surface area contributed by atoms with Crippen molar-refractivity contribution in [3.63, 3.8) is 0 Å². The molecule has 1 aliphatic heterocycles. The number of rotatable bonds is 15. The molecule has 15 heteroatoms. The Balaban J connectivity index is 1.42. The first-order chi connectivity index (χ1) is 26.7. The lowest BCUT2D eigenvalue weighted by Crippen LogP contribution is -2.67. The number of halogens is 4. The number of benzene rings is 2. The van der Waals surface area contributed by atoms with Crippen molar-refractivity contribution >= 4 is 34.7 Å². The summed E-state index contributed by atoms with van der Waals surface area (Å²) in [6.07, 6.45) is -2.08. The van der Waals surface area contributed by atoms with Crippen LogP contribution in [0.15, 0.2) is 42.5 Å². The molecule has 2 heterocycles. The summed E-state index contributed by atoms with van der Waals surface area (Å²) in [6, 6.07) is 7.65. The number of amides is 5. The van der Waals surface area contributed by atoms with Crippen molar-refractivity contribution in [2.24, 2.45) is 17.8 Å². The molecule has 1 aromatic heterocycles. The van der Waals surface area contributed by atoms with Gasteiger partial charge in [0.2, 0.25) is 17.7 Å². The zero-order chi connectivity index (χ0) is 40.6. The monoisotopic (exact) mass is 786 g/mol. The van der Waals surface area contributed by atoms with Crippen LogP contribution in [0.1, 0.15) is 82.2 Å². The number of para-hydroxylation sites is 1. The van der Waals surface area contributed by atoms with E-state index in [-0.39, 0.29) is 55.3 Å². The second kappa shape index (κ2) is 18.5. The van der Waals surface area contributed by atoms with Gasteiger partial charge in [-0.3, -0.25) is 14.4 Å². The molecule has 306 valence electrons. The molecular weight excluding hydrogens is 732 g/mol. The summed E-state index contributed by atoms with van der Waals surface area (Å²) in [5.74, 6) is -2.58. The number of H-pyrrole nitrogens is 1. The topological polar surface area (TPSA) is 153 Å². The molecule has 1 saturated heterocycles. The highest BCUT2D eigenvalue weighted by molar-refractivity contribution is 5.97. The molecule has 3 aromatic rings. The van der Waals surface area contributed by atoms with E-state index in [1.54, 1.807) is 19.1 Å². The van der Waals surface area contributed by atoms with Gasteiger partial charge in [-0.05, 0) is 66.7 Å². The summed E-state index contributed by atoms with van der Waals surface area (Å²) in [4.78, 5) is 58.1. The summed E-state index contributed by atoms with van der Waals surface area (Å²) in [5, 5.41) is 14.9. The predicted molar refractivity (Wildman–Crippen MR) is 204 cm³/mol. The number of carbonyl (C=O) groups is 4. The number of nitrogens with one attached hydrogen (secondary N) is 6. The van der Waals surface area contributed by atoms with Crippen molar-refractivity contribution < 1.29 is 41.5 Å². The number of aromatic amines is 1. The Kier molecular flexibility index (Phi) is 14.1. The van der Waals surface area contributed by atoms with Gasteiger partial charge in [0, 0.05) is 49.8 Å². The molecule has 0 saturated carbocycles. The lowest BCUT2D eigenvalue weighted by Gasteiger charge is -2.40. The molecule has 5 rings (SSSR count). The van der Waals surface area contributed by atoms with Gasteiger partial charge in [-0.1, -0.05) is 70.9 Å². The maximum absolute atomic E-state index is 14.7. The Labute approximate surface area is 324 Å². The van der Waals surface area contributed by atoms with E-state index < -0.39 is 58.8 Å². The molecule has 0 bridgehead atoms. The number of aryl methyl sites for hydroxylation is 1. The molecule has 5 amide bonds. The Hall–Kier alpha value is -4.66. The average molecular weight is 787 g/mol. The van der Waals surface area contributed by atoms with Crippen LogP contribution >= 0.6 is 0 Å². The smallest absolute Gasteiger partial charge is 0.381 e. The molecule has 2 aromatic carbocycles. The maximum Gasteiger partial charge on any atom is 0.418 e. The molecular formula is C41H54F4N6O5. The minimum atomic E-state index is -4.63. The molecule has 6 N–H and O–H groups in total. The Bertz CT molecular complexity index is 1860. The SMILES string of the molecule is CCC(C)[C@H](NC(=O)Cc1ccccc1F)C(=O)N[C@]1(C(=O)NC(CNC(=O)NCC2CCOCC2)[C@@H](C)CC)CCc2[nH]c3c(C(F)(F)F)cccc3c2C1. The van der Waals surface area contributed by atoms with Gasteiger partial charge >= 0.3 is 12.2 Å². The van der Waals surface area contributed by atoms with E-state index in [1.807, 2.05) is 20.8 Å². The molecule has 56 heavy (non-hydrogen) atoms. The van der Waals surface area contributed by atoms with Gasteiger partial charge < -0.3 is 36.3 Å². The largest absolute Gasteiger partial charge is 0.418 e. The van der Waals surface area contributed by atoms with Gasteiger partial charge in [-0.2, -0.15) is 13.2 Å². The van der Waals surface area contributed by atoms with Crippen LogP contribution in [-0.4, -0.2) is 72.7 Å². The van der Waals surface area contributed by atoms with Gasteiger partial charge in [0.1, 0.15) is 17.4 Å². The molecule has 1 fully saturated rings. The maximum atomic E-state index is 14.7. The number of carbonyl (C=O) groups excluding carboxylic acids is 4. The highest BCUT2D eigenvalue weighted by Gasteiger charge is 2.47. The van der Waals surface area contributed by atoms with Crippen LogP contribution in [0.3, 0.4) is 0 Å². The third-order valence-electron chi connectivity index (χ3n) is 11.6. The Morgan fingerprint density at radius 3 is 2.34 bits per heavy atom. The summed E-state index contributed by atoms with van der Waals surface area (Å²) < 4.78 is 62.1. The number of aromatic nitrogens is 1. The second-order valence-electron chi connectivity index (χ2n) is 15.4. The van der Waals surface area contributed by atoms with E-state index in [0.29, 0.717) is 55.2 Å². The molecule has 5 atom stereocenters. The molecule has 0 spiro atoms. The van der Waals surface area contributed by atoms with Crippen LogP contribution in [0, 0.1) is 23.6 Å². The van der Waals surface area contributed by atoms with Crippen LogP contribution < -0.4 is 26.6 Å². The van der Waals surface area contributed by atoms with E-state index in [2.05, 4.69) is 31.6 Å². The number of ether oxygens (including phenoxy) is 1. The Morgan fingerprint density at radius 2 is 1.66 bits per heavy atom. The molecule has 11 nitrogen and oxygen atoms in total. The highest BCUT2D eigenvalue weighted by Crippen LogP contribution is 2.40. The summed E-state index contributed by atoms with van der Waals surface area (Å²) in [6.45, 7) is 9.36. The van der Waals surface area contributed by atoms with Gasteiger partial charge in [0.15, 0.2) is 0 Å². The van der Waals surface area contributed by atoms with Crippen LogP contribution in [0.5, 0.6) is 0 Å². The van der Waals surface area contributed by atoms with Crippen LogP contribution in [0.25, 0.3) is 10.9 Å². The van der Waals surface area contributed by atoms with Crippen molar-refractivity contribution in [2.45, 2.75) is 103 Å². The van der Waals surface area contributed by atoms with Crippen molar-refractivity contribution in [2.75, 3.05) is 26.3 Å². The average Bonchev–Trinajstić information content (AvgIpc) is 3.55. The minimum Gasteiger partial charge on any atom is -0.381 e. The van der Waals surface area contributed by atoms with E-state index in [9.17, 15) is 36.7 Å². The van der Waals surface area contributed by atoms with E-state index in [4.69, 9.17) is 4.74 Å². The quantitative estimate of drug-likeness (QED) is 0.109. The fourth-order valence-corrected chi connectivity index (χ4v) is 7.56. The predicted octanol–water partition coefficient (Wildman–Crippen LogP) is 5.70. The lowest BCUT2D eigenvalue weighted by molar-refractivity contribution is -0.137. The summed E-state index contributed by atoms with van der Waals surface area (Å²) in [5.41, 5.74) is -1.42. The van der Waals surface area contributed by atoms with Gasteiger partial charge in [-0.25, -0.2) is 9.18 Å². The van der Waals surface area contributed by atoms with E-state index >= 15 is 0 Å². The van der Waals surface area contributed by atoms with Gasteiger partial charge in [-0.15, -0.1) is 0 Å². The van der Waals surface area contributed by atoms with Crippen LogP contribution in [-0.2, 0) is 44.6 Å². The molecule has 1 aliphatic carbocycles. The second-order valence-corrected chi connectivity index (χ2v) is 15.4. The lowest BCUT2D eigenvalue weighted by atomic mass is 9.78. The van der Waals surface area contributed by atoms with Crippen molar-refractivity contribution in [3.05, 3.63) is 70.7 Å². The van der Waals surface area contributed by atoms with Crippen molar-refractivity contribution in [3.8, 4) is 0 Å². The number of fused-ring (bicyclic) bond motifs is 3.